The molecule has 8 heteroatoms. The Hall–Kier alpha value is -1.83. The van der Waals surface area contributed by atoms with Gasteiger partial charge in [0.05, 0.1) is 6.54 Å². The first-order valence-electron chi connectivity index (χ1n) is 5.99. The molecule has 0 aliphatic carbocycles. The Morgan fingerprint density at radius 1 is 1.40 bits per heavy atom. The summed E-state index contributed by atoms with van der Waals surface area (Å²) in [6, 6.07) is 2.06. The number of rotatable bonds is 7. The molecule has 7 nitrogen and oxygen atoms in total. The van der Waals surface area contributed by atoms with E-state index < -0.39 is 23.8 Å². The maximum atomic E-state index is 11.6. The van der Waals surface area contributed by atoms with Gasteiger partial charge >= 0.3 is 5.97 Å². The van der Waals surface area contributed by atoms with Crippen LogP contribution in [-0.2, 0) is 9.59 Å². The lowest BCUT2D eigenvalue weighted by Crippen LogP contribution is -2.45. The van der Waals surface area contributed by atoms with Crippen LogP contribution < -0.4 is 10.6 Å². The van der Waals surface area contributed by atoms with Gasteiger partial charge in [-0.3, -0.25) is 9.59 Å². The number of hydrogen-bond donors (Lipinski definition) is 3. The van der Waals surface area contributed by atoms with Crippen LogP contribution in [0.2, 0.25) is 0 Å². The molecule has 2 amide bonds. The first-order chi connectivity index (χ1) is 9.43. The fraction of sp³-hybridized carbons (Fsp3) is 0.417. The highest BCUT2D eigenvalue weighted by Gasteiger charge is 2.19. The molecule has 0 radical (unpaired) electrons. The van der Waals surface area contributed by atoms with Gasteiger partial charge in [-0.1, -0.05) is 13.3 Å². The quantitative estimate of drug-likeness (QED) is 0.685. The summed E-state index contributed by atoms with van der Waals surface area (Å²) >= 11 is 3.06. The largest absolute Gasteiger partial charge is 0.480 e. The predicted octanol–water partition coefficient (Wildman–Crippen LogP) is 1.14. The van der Waals surface area contributed by atoms with Crippen molar-refractivity contribution in [2.75, 3.05) is 6.54 Å². The molecule has 1 heterocycles. The monoisotopic (exact) mass is 346 g/mol. The van der Waals surface area contributed by atoms with Crippen molar-refractivity contribution in [3.8, 4) is 0 Å². The zero-order chi connectivity index (χ0) is 15.1. The summed E-state index contributed by atoms with van der Waals surface area (Å²) in [7, 11) is 0. The molecule has 0 saturated heterocycles. The van der Waals surface area contributed by atoms with Crippen molar-refractivity contribution in [2.24, 2.45) is 0 Å². The molecular weight excluding hydrogens is 332 g/mol. The third-order valence-electron chi connectivity index (χ3n) is 2.42. The molecule has 0 unspecified atom stereocenters. The zero-order valence-corrected chi connectivity index (χ0v) is 12.4. The van der Waals surface area contributed by atoms with Crippen molar-refractivity contribution in [2.45, 2.75) is 25.8 Å². The molecule has 110 valence electrons. The number of furan rings is 1. The molecule has 1 rings (SSSR count). The standard InChI is InChI=1S/C12H15BrN2O5/c1-2-3-7(12(18)19)15-10(16)6-14-11(17)8-4-5-9(13)20-8/h4-5,7H,2-3,6H2,1H3,(H,14,17)(H,15,16)(H,18,19)/t7-/m1/s1. The second kappa shape index (κ2) is 7.68. The number of carbonyl (C=O) groups excluding carboxylic acids is 2. The Bertz CT molecular complexity index is 500. The number of hydrogen-bond acceptors (Lipinski definition) is 4. The van der Waals surface area contributed by atoms with Crippen LogP contribution in [0.1, 0.15) is 30.3 Å². The van der Waals surface area contributed by atoms with E-state index in [4.69, 9.17) is 9.52 Å². The van der Waals surface area contributed by atoms with Crippen LogP contribution in [0.5, 0.6) is 0 Å². The summed E-state index contributed by atoms with van der Waals surface area (Å²) in [6.07, 6.45) is 0.962. The molecule has 1 aromatic rings. The molecule has 0 aliphatic heterocycles. The SMILES string of the molecule is CCC[C@@H](NC(=O)CNC(=O)c1ccc(Br)o1)C(=O)O. The molecule has 1 atom stereocenters. The second-order valence-electron chi connectivity index (χ2n) is 4.03. The fourth-order valence-electron chi connectivity index (χ4n) is 1.48. The molecular formula is C12H15BrN2O5. The summed E-state index contributed by atoms with van der Waals surface area (Å²) in [6.45, 7) is 1.50. The molecule has 0 aliphatic rings. The number of halogens is 1. The molecule has 0 fully saturated rings. The molecule has 20 heavy (non-hydrogen) atoms. The summed E-state index contributed by atoms with van der Waals surface area (Å²) in [5.74, 6) is -2.15. The maximum absolute atomic E-state index is 11.6. The summed E-state index contributed by atoms with van der Waals surface area (Å²) in [5.41, 5.74) is 0. The Morgan fingerprint density at radius 3 is 2.60 bits per heavy atom. The van der Waals surface area contributed by atoms with Gasteiger partial charge in [0, 0.05) is 0 Å². The van der Waals surface area contributed by atoms with Crippen molar-refractivity contribution in [1.29, 1.82) is 0 Å². The average molecular weight is 347 g/mol. The Morgan fingerprint density at radius 2 is 2.10 bits per heavy atom. The highest BCUT2D eigenvalue weighted by molar-refractivity contribution is 9.10. The zero-order valence-electron chi connectivity index (χ0n) is 10.8. The number of aliphatic carboxylic acids is 1. The number of carbonyl (C=O) groups is 3. The Kier molecular flexibility index (Phi) is 6.23. The fourth-order valence-corrected chi connectivity index (χ4v) is 1.78. The van der Waals surface area contributed by atoms with Crippen molar-refractivity contribution >= 4 is 33.7 Å². The van der Waals surface area contributed by atoms with Crippen molar-refractivity contribution in [1.82, 2.24) is 10.6 Å². The van der Waals surface area contributed by atoms with Gasteiger partial charge < -0.3 is 20.2 Å². The van der Waals surface area contributed by atoms with E-state index in [0.29, 0.717) is 17.5 Å². The van der Waals surface area contributed by atoms with Gasteiger partial charge in [-0.15, -0.1) is 0 Å². The molecule has 0 bridgehead atoms. The van der Waals surface area contributed by atoms with E-state index in [-0.39, 0.29) is 12.3 Å². The van der Waals surface area contributed by atoms with Gasteiger partial charge in [0.25, 0.3) is 5.91 Å². The lowest BCUT2D eigenvalue weighted by atomic mass is 10.1. The van der Waals surface area contributed by atoms with Crippen LogP contribution in [0.3, 0.4) is 0 Å². The second-order valence-corrected chi connectivity index (χ2v) is 4.82. The summed E-state index contributed by atoms with van der Waals surface area (Å²) < 4.78 is 5.42. The minimum Gasteiger partial charge on any atom is -0.480 e. The third-order valence-corrected chi connectivity index (χ3v) is 2.84. The van der Waals surface area contributed by atoms with E-state index in [2.05, 4.69) is 26.6 Å². The first kappa shape index (κ1) is 16.2. The molecule has 3 N–H and O–H groups in total. The van der Waals surface area contributed by atoms with Gasteiger partial charge in [0.1, 0.15) is 6.04 Å². The number of carboxylic acid groups (broad SMARTS) is 1. The van der Waals surface area contributed by atoms with E-state index >= 15 is 0 Å². The van der Waals surface area contributed by atoms with Crippen LogP contribution in [0.15, 0.2) is 21.2 Å². The Labute approximate surface area is 123 Å². The minimum atomic E-state index is -1.10. The van der Waals surface area contributed by atoms with Crippen LogP contribution in [0.4, 0.5) is 0 Å². The van der Waals surface area contributed by atoms with Gasteiger partial charge in [0.15, 0.2) is 10.4 Å². The van der Waals surface area contributed by atoms with Crippen LogP contribution in [0.25, 0.3) is 0 Å². The normalized spacial score (nSPS) is 11.7. The van der Waals surface area contributed by atoms with Crippen molar-refractivity contribution in [3.05, 3.63) is 22.6 Å². The highest BCUT2D eigenvalue weighted by atomic mass is 79.9. The van der Waals surface area contributed by atoms with Gasteiger partial charge in [-0.25, -0.2) is 4.79 Å². The van der Waals surface area contributed by atoms with E-state index in [1.54, 1.807) is 6.07 Å². The smallest absolute Gasteiger partial charge is 0.326 e. The predicted molar refractivity (Wildman–Crippen MR) is 73.2 cm³/mol. The number of carboxylic acids is 1. The van der Waals surface area contributed by atoms with E-state index in [1.807, 2.05) is 6.92 Å². The Balaban J connectivity index is 2.42. The molecule has 0 aromatic carbocycles. The van der Waals surface area contributed by atoms with Gasteiger partial charge in [0.2, 0.25) is 5.91 Å². The third kappa shape index (κ3) is 5.04. The topological polar surface area (TPSA) is 109 Å². The summed E-state index contributed by atoms with van der Waals surface area (Å²) in [5, 5.41) is 13.6. The molecule has 1 aromatic heterocycles. The lowest BCUT2D eigenvalue weighted by molar-refractivity contribution is -0.141. The lowest BCUT2D eigenvalue weighted by Gasteiger charge is -2.13. The first-order valence-corrected chi connectivity index (χ1v) is 6.79. The summed E-state index contributed by atoms with van der Waals surface area (Å²) in [4.78, 5) is 34.0. The van der Waals surface area contributed by atoms with Crippen molar-refractivity contribution in [3.63, 3.8) is 0 Å². The maximum Gasteiger partial charge on any atom is 0.326 e. The highest BCUT2D eigenvalue weighted by Crippen LogP contribution is 2.13. The van der Waals surface area contributed by atoms with E-state index in [0.717, 1.165) is 0 Å². The van der Waals surface area contributed by atoms with Gasteiger partial charge in [-0.05, 0) is 34.5 Å². The van der Waals surface area contributed by atoms with Crippen molar-refractivity contribution < 1.29 is 23.9 Å². The van der Waals surface area contributed by atoms with Crippen LogP contribution >= 0.6 is 15.9 Å². The van der Waals surface area contributed by atoms with Gasteiger partial charge in [-0.2, -0.15) is 0 Å². The van der Waals surface area contributed by atoms with Crippen LogP contribution in [-0.4, -0.2) is 35.5 Å². The molecule has 0 saturated carbocycles. The number of nitrogens with one attached hydrogen (secondary N) is 2. The van der Waals surface area contributed by atoms with Crippen LogP contribution in [0, 0.1) is 0 Å². The van der Waals surface area contributed by atoms with E-state index in [9.17, 15) is 14.4 Å². The minimum absolute atomic E-state index is 0.0630. The average Bonchev–Trinajstić information content (AvgIpc) is 2.82. The number of amides is 2. The molecule has 0 spiro atoms. The van der Waals surface area contributed by atoms with E-state index in [1.165, 1.54) is 6.07 Å².